The van der Waals surface area contributed by atoms with E-state index in [9.17, 15) is 19.7 Å². The number of nitrogens with zero attached hydrogens (tertiary/aromatic N) is 3. The fraction of sp³-hybridized carbons (Fsp3) is 0.385. The van der Waals surface area contributed by atoms with Crippen molar-refractivity contribution in [1.82, 2.24) is 14.8 Å². The zero-order valence-electron chi connectivity index (χ0n) is 19.2. The van der Waals surface area contributed by atoms with Gasteiger partial charge in [0.15, 0.2) is 0 Å². The second-order valence-electron chi connectivity index (χ2n) is 9.16. The van der Waals surface area contributed by atoms with Gasteiger partial charge in [-0.3, -0.25) is 19.7 Å². The van der Waals surface area contributed by atoms with Gasteiger partial charge in [-0.2, -0.15) is 0 Å². The number of nitrogens with one attached hydrogen (secondary N) is 1. The molecule has 1 N–H and O–H groups in total. The topological polar surface area (TPSA) is 99.5 Å². The zero-order valence-corrected chi connectivity index (χ0v) is 19.2. The Labute approximate surface area is 197 Å². The summed E-state index contributed by atoms with van der Waals surface area (Å²) in [6.45, 7) is 2.81. The van der Waals surface area contributed by atoms with Crippen LogP contribution in [0.25, 0.3) is 10.9 Å². The Balaban J connectivity index is 1.56. The van der Waals surface area contributed by atoms with Crippen molar-refractivity contribution in [2.45, 2.75) is 51.1 Å². The van der Waals surface area contributed by atoms with Crippen molar-refractivity contribution in [1.29, 1.82) is 0 Å². The van der Waals surface area contributed by atoms with E-state index in [4.69, 9.17) is 0 Å². The molecule has 8 heteroatoms. The van der Waals surface area contributed by atoms with Crippen molar-refractivity contribution in [2.24, 2.45) is 0 Å². The van der Waals surface area contributed by atoms with Gasteiger partial charge < -0.3 is 14.8 Å². The van der Waals surface area contributed by atoms with E-state index < -0.39 is 17.0 Å². The molecule has 2 aliphatic rings. The van der Waals surface area contributed by atoms with Crippen LogP contribution in [0.2, 0.25) is 0 Å². The number of hydrogen-bond acceptors (Lipinski definition) is 4. The van der Waals surface area contributed by atoms with E-state index in [0.717, 1.165) is 53.4 Å². The number of hydrogen-bond donors (Lipinski definition) is 1. The van der Waals surface area contributed by atoms with E-state index in [1.54, 1.807) is 21.9 Å². The van der Waals surface area contributed by atoms with Gasteiger partial charge in [-0.05, 0) is 35.7 Å². The SMILES string of the molecule is CCCCCCN1CC(=O)N2[C@@H](c3ccc([N+](=O)[O-])cc3)c3[nH]c4ccccc4c3C[C@@H]2C1=O. The maximum absolute atomic E-state index is 13.6. The number of nitro benzene ring substituents is 1. The fourth-order valence-electron chi connectivity index (χ4n) is 5.37. The van der Waals surface area contributed by atoms with Gasteiger partial charge in [-0.15, -0.1) is 0 Å². The molecular weight excluding hydrogens is 432 g/mol. The fourth-order valence-corrected chi connectivity index (χ4v) is 5.37. The van der Waals surface area contributed by atoms with E-state index in [1.165, 1.54) is 12.1 Å². The lowest BCUT2D eigenvalue weighted by atomic mass is 9.86. The zero-order chi connectivity index (χ0) is 23.8. The lowest BCUT2D eigenvalue weighted by Gasteiger charge is -2.47. The number of amides is 2. The van der Waals surface area contributed by atoms with Crippen molar-refractivity contribution >= 4 is 28.4 Å². The van der Waals surface area contributed by atoms with Crippen LogP contribution >= 0.6 is 0 Å². The molecule has 0 spiro atoms. The van der Waals surface area contributed by atoms with E-state index in [-0.39, 0.29) is 24.0 Å². The van der Waals surface area contributed by atoms with Crippen molar-refractivity contribution < 1.29 is 14.5 Å². The molecule has 8 nitrogen and oxygen atoms in total. The second kappa shape index (κ2) is 8.93. The maximum atomic E-state index is 13.6. The van der Waals surface area contributed by atoms with Gasteiger partial charge in [-0.1, -0.05) is 44.4 Å². The molecule has 3 heterocycles. The summed E-state index contributed by atoms with van der Waals surface area (Å²) in [6, 6.07) is 13.2. The number of H-pyrrole nitrogens is 1. The average molecular weight is 461 g/mol. The van der Waals surface area contributed by atoms with E-state index in [1.807, 2.05) is 24.3 Å². The summed E-state index contributed by atoms with van der Waals surface area (Å²) < 4.78 is 0. The molecule has 2 aliphatic heterocycles. The van der Waals surface area contributed by atoms with Crippen LogP contribution in [-0.2, 0) is 16.0 Å². The molecule has 0 radical (unpaired) electrons. The van der Waals surface area contributed by atoms with Crippen LogP contribution in [0.4, 0.5) is 5.69 Å². The number of non-ortho nitro benzene ring substituents is 1. The number of unbranched alkanes of at least 4 members (excludes halogenated alkanes) is 3. The first-order valence-electron chi connectivity index (χ1n) is 11.9. The number of aromatic nitrogens is 1. The monoisotopic (exact) mass is 460 g/mol. The smallest absolute Gasteiger partial charge is 0.269 e. The number of benzene rings is 2. The Morgan fingerprint density at radius 2 is 1.82 bits per heavy atom. The first-order chi connectivity index (χ1) is 16.5. The van der Waals surface area contributed by atoms with Gasteiger partial charge in [0.2, 0.25) is 11.8 Å². The molecule has 0 saturated carbocycles. The van der Waals surface area contributed by atoms with Gasteiger partial charge in [-0.25, -0.2) is 0 Å². The van der Waals surface area contributed by atoms with Gasteiger partial charge in [0, 0.05) is 41.7 Å². The van der Waals surface area contributed by atoms with E-state index in [0.29, 0.717) is 13.0 Å². The summed E-state index contributed by atoms with van der Waals surface area (Å²) in [7, 11) is 0. The van der Waals surface area contributed by atoms with Crippen LogP contribution in [0.15, 0.2) is 48.5 Å². The Morgan fingerprint density at radius 3 is 2.56 bits per heavy atom. The summed E-state index contributed by atoms with van der Waals surface area (Å²) in [6.07, 6.45) is 4.62. The summed E-state index contributed by atoms with van der Waals surface area (Å²) >= 11 is 0. The van der Waals surface area contributed by atoms with Crippen LogP contribution in [0, 0.1) is 10.1 Å². The molecule has 1 saturated heterocycles. The largest absolute Gasteiger partial charge is 0.356 e. The Bertz CT molecular complexity index is 1250. The van der Waals surface area contributed by atoms with Gasteiger partial charge in [0.1, 0.15) is 6.04 Å². The standard InChI is InChI=1S/C26H28N4O4/c1-2-3-4-7-14-28-16-23(31)29-22(26(28)32)15-20-19-8-5-6-9-21(19)27-24(20)25(29)17-10-12-18(13-11-17)30(33)34/h5-6,8-13,22,25,27H,2-4,7,14-16H2,1H3/t22-,25+/m1/s1. The van der Waals surface area contributed by atoms with Crippen LogP contribution in [-0.4, -0.2) is 50.7 Å². The molecule has 3 aromatic rings. The highest BCUT2D eigenvalue weighted by Crippen LogP contribution is 2.42. The van der Waals surface area contributed by atoms with Crippen LogP contribution in [0.3, 0.4) is 0 Å². The highest BCUT2D eigenvalue weighted by atomic mass is 16.6. The molecule has 176 valence electrons. The van der Waals surface area contributed by atoms with Gasteiger partial charge >= 0.3 is 0 Å². The molecule has 2 atom stereocenters. The quantitative estimate of drug-likeness (QED) is 0.322. The number of piperazine rings is 1. The minimum absolute atomic E-state index is 0.00715. The minimum Gasteiger partial charge on any atom is -0.356 e. The molecule has 1 aromatic heterocycles. The highest BCUT2D eigenvalue weighted by Gasteiger charge is 2.48. The Kier molecular flexibility index (Phi) is 5.81. The lowest BCUT2D eigenvalue weighted by Crippen LogP contribution is -2.63. The van der Waals surface area contributed by atoms with E-state index >= 15 is 0 Å². The van der Waals surface area contributed by atoms with Gasteiger partial charge in [0.05, 0.1) is 17.5 Å². The molecule has 5 rings (SSSR count). The molecule has 0 unspecified atom stereocenters. The molecule has 34 heavy (non-hydrogen) atoms. The predicted octanol–water partition coefficient (Wildman–Crippen LogP) is 4.34. The van der Waals surface area contributed by atoms with Crippen LogP contribution in [0.1, 0.15) is 55.5 Å². The van der Waals surface area contributed by atoms with Gasteiger partial charge in [0.25, 0.3) is 5.69 Å². The minimum atomic E-state index is -0.584. The van der Waals surface area contributed by atoms with Crippen LogP contribution in [0.5, 0.6) is 0 Å². The van der Waals surface area contributed by atoms with E-state index in [2.05, 4.69) is 11.9 Å². The van der Waals surface area contributed by atoms with Crippen molar-refractivity contribution in [3.63, 3.8) is 0 Å². The first kappa shape index (κ1) is 22.1. The lowest BCUT2D eigenvalue weighted by molar-refractivity contribution is -0.384. The molecule has 0 bridgehead atoms. The van der Waals surface area contributed by atoms with Crippen molar-refractivity contribution in [3.8, 4) is 0 Å². The number of carbonyl (C=O) groups is 2. The van der Waals surface area contributed by atoms with Crippen molar-refractivity contribution in [3.05, 3.63) is 75.5 Å². The number of para-hydroxylation sites is 1. The highest BCUT2D eigenvalue weighted by molar-refractivity contribution is 5.97. The second-order valence-corrected chi connectivity index (χ2v) is 9.16. The number of carbonyl (C=O) groups excluding carboxylic acids is 2. The molecule has 0 aliphatic carbocycles. The third-order valence-electron chi connectivity index (χ3n) is 7.04. The molecular formula is C26H28N4O4. The van der Waals surface area contributed by atoms with Crippen molar-refractivity contribution in [2.75, 3.05) is 13.1 Å². The average Bonchev–Trinajstić information content (AvgIpc) is 3.22. The number of fused-ring (bicyclic) bond motifs is 4. The maximum Gasteiger partial charge on any atom is 0.269 e. The molecule has 2 amide bonds. The summed E-state index contributed by atoms with van der Waals surface area (Å²) in [5, 5.41) is 12.2. The Hall–Kier alpha value is -3.68. The molecule has 1 fully saturated rings. The third-order valence-corrected chi connectivity index (χ3v) is 7.04. The number of rotatable bonds is 7. The summed E-state index contributed by atoms with van der Waals surface area (Å²) in [4.78, 5) is 44.7. The predicted molar refractivity (Wildman–Crippen MR) is 128 cm³/mol. The summed E-state index contributed by atoms with van der Waals surface area (Å²) in [5.41, 5.74) is 3.61. The van der Waals surface area contributed by atoms with Crippen LogP contribution < -0.4 is 0 Å². The third kappa shape index (κ3) is 3.73. The normalized spacial score (nSPS) is 19.9. The summed E-state index contributed by atoms with van der Waals surface area (Å²) in [5.74, 6) is -0.105. The molecule has 2 aromatic carbocycles. The number of aromatic amines is 1. The number of nitro groups is 1. The Morgan fingerprint density at radius 1 is 1.06 bits per heavy atom. The first-order valence-corrected chi connectivity index (χ1v) is 11.9.